The van der Waals surface area contributed by atoms with Crippen LogP contribution in [0.1, 0.15) is 52.4 Å². The second-order valence-electron chi connectivity index (χ2n) is 6.58. The van der Waals surface area contributed by atoms with Crippen molar-refractivity contribution < 1.29 is 24.5 Å². The van der Waals surface area contributed by atoms with E-state index >= 15 is 0 Å². The molecule has 0 saturated heterocycles. The van der Waals surface area contributed by atoms with Gasteiger partial charge in [-0.3, -0.25) is 9.59 Å². The van der Waals surface area contributed by atoms with Gasteiger partial charge in [-0.1, -0.05) is 0 Å². The van der Waals surface area contributed by atoms with Gasteiger partial charge < -0.3 is 14.9 Å². The Hall–Kier alpha value is -0.780. The first-order chi connectivity index (χ1) is 9.88. The number of ether oxygens (including phenoxy) is 1. The second kappa shape index (κ2) is 6.99. The van der Waals surface area contributed by atoms with Gasteiger partial charge in [0.25, 0.3) is 0 Å². The van der Waals surface area contributed by atoms with Crippen molar-refractivity contribution in [1.29, 1.82) is 0 Å². The van der Waals surface area contributed by atoms with Crippen molar-refractivity contribution in [1.82, 2.24) is 0 Å². The van der Waals surface area contributed by atoms with Gasteiger partial charge in [0.05, 0.1) is 24.4 Å². The summed E-state index contributed by atoms with van der Waals surface area (Å²) in [6.45, 7) is 3.04. The molecule has 5 heteroatoms. The van der Waals surface area contributed by atoms with Gasteiger partial charge in [-0.2, -0.15) is 0 Å². The van der Waals surface area contributed by atoms with E-state index in [4.69, 9.17) is 4.74 Å². The summed E-state index contributed by atoms with van der Waals surface area (Å²) in [7, 11) is 0. The van der Waals surface area contributed by atoms with Crippen LogP contribution in [0.2, 0.25) is 0 Å². The third kappa shape index (κ3) is 4.11. The average Bonchev–Trinajstić information content (AvgIpc) is 2.37. The highest BCUT2D eigenvalue weighted by Gasteiger charge is 2.36. The molecule has 6 unspecified atom stereocenters. The summed E-state index contributed by atoms with van der Waals surface area (Å²) >= 11 is 0. The minimum atomic E-state index is -0.625. The highest BCUT2D eigenvalue weighted by molar-refractivity contribution is 5.79. The topological polar surface area (TPSA) is 83.8 Å². The van der Waals surface area contributed by atoms with Crippen LogP contribution in [0.25, 0.3) is 0 Å². The number of carbonyl (C=O) groups excluding carboxylic acids is 2. The molecule has 2 aliphatic rings. The molecular formula is C16H26O5. The Labute approximate surface area is 125 Å². The van der Waals surface area contributed by atoms with E-state index in [9.17, 15) is 19.8 Å². The highest BCUT2D eigenvalue weighted by Crippen LogP contribution is 2.32. The molecule has 2 saturated carbocycles. The number of carbonyl (C=O) groups is 2. The standard InChI is InChI=1S/C16H26O5/c1-9(17)13-5-3-11(7-15(13)19)21-12-4-6-14(10(2)18)16(20)8-12/h11-16,19-20H,3-8H2,1-2H3. The van der Waals surface area contributed by atoms with Crippen LogP contribution >= 0.6 is 0 Å². The summed E-state index contributed by atoms with van der Waals surface area (Å²) < 4.78 is 5.99. The van der Waals surface area contributed by atoms with Crippen LogP contribution < -0.4 is 0 Å². The van der Waals surface area contributed by atoms with E-state index < -0.39 is 12.2 Å². The van der Waals surface area contributed by atoms with Crippen LogP contribution in [0.4, 0.5) is 0 Å². The van der Waals surface area contributed by atoms with Gasteiger partial charge in [-0.15, -0.1) is 0 Å². The molecule has 21 heavy (non-hydrogen) atoms. The molecule has 6 atom stereocenters. The molecule has 0 bridgehead atoms. The van der Waals surface area contributed by atoms with E-state index in [1.54, 1.807) is 0 Å². The lowest BCUT2D eigenvalue weighted by Gasteiger charge is -2.37. The Kier molecular flexibility index (Phi) is 5.52. The van der Waals surface area contributed by atoms with Crippen molar-refractivity contribution in [3.8, 4) is 0 Å². The van der Waals surface area contributed by atoms with Gasteiger partial charge in [0, 0.05) is 24.7 Å². The molecule has 2 N–H and O–H groups in total. The number of aliphatic hydroxyl groups excluding tert-OH is 2. The lowest BCUT2D eigenvalue weighted by Crippen LogP contribution is -2.41. The van der Waals surface area contributed by atoms with Gasteiger partial charge >= 0.3 is 0 Å². The molecule has 2 aliphatic carbocycles. The zero-order chi connectivity index (χ0) is 15.6. The van der Waals surface area contributed by atoms with Crippen LogP contribution in [0.3, 0.4) is 0 Å². The van der Waals surface area contributed by atoms with Gasteiger partial charge in [0.15, 0.2) is 0 Å². The molecule has 5 nitrogen and oxygen atoms in total. The van der Waals surface area contributed by atoms with Gasteiger partial charge in [0.1, 0.15) is 11.6 Å². The quantitative estimate of drug-likeness (QED) is 0.816. The SMILES string of the molecule is CC(=O)C1CCC(OC2CCC(C(C)=O)C(O)C2)CC1O. The molecule has 0 spiro atoms. The Balaban J connectivity index is 1.81. The molecule has 0 aliphatic heterocycles. The van der Waals surface area contributed by atoms with Crippen molar-refractivity contribution >= 4 is 11.6 Å². The fraction of sp³-hybridized carbons (Fsp3) is 0.875. The Morgan fingerprint density at radius 1 is 0.810 bits per heavy atom. The van der Waals surface area contributed by atoms with E-state index in [1.165, 1.54) is 13.8 Å². The third-order valence-corrected chi connectivity index (χ3v) is 4.97. The summed E-state index contributed by atoms with van der Waals surface area (Å²) in [5.41, 5.74) is 0. The highest BCUT2D eigenvalue weighted by atomic mass is 16.5. The smallest absolute Gasteiger partial charge is 0.135 e. The van der Waals surface area contributed by atoms with Crippen LogP contribution in [0, 0.1) is 11.8 Å². The maximum atomic E-state index is 11.4. The van der Waals surface area contributed by atoms with Crippen molar-refractivity contribution in [3.63, 3.8) is 0 Å². The molecular weight excluding hydrogens is 272 g/mol. The van der Waals surface area contributed by atoms with Crippen LogP contribution in [0.15, 0.2) is 0 Å². The maximum Gasteiger partial charge on any atom is 0.135 e. The van der Waals surface area contributed by atoms with Crippen molar-refractivity contribution in [2.24, 2.45) is 11.8 Å². The van der Waals surface area contributed by atoms with Gasteiger partial charge in [-0.05, 0) is 39.5 Å². The molecule has 0 aromatic heterocycles. The molecule has 2 fully saturated rings. The minimum Gasteiger partial charge on any atom is -0.392 e. The zero-order valence-corrected chi connectivity index (χ0v) is 12.8. The van der Waals surface area contributed by atoms with E-state index in [-0.39, 0.29) is 35.6 Å². The maximum absolute atomic E-state index is 11.4. The zero-order valence-electron chi connectivity index (χ0n) is 12.8. The van der Waals surface area contributed by atoms with Crippen molar-refractivity contribution in [2.45, 2.75) is 76.8 Å². The molecule has 0 aromatic rings. The number of rotatable bonds is 4. The molecule has 0 amide bonds. The number of hydrogen-bond acceptors (Lipinski definition) is 5. The molecule has 0 radical (unpaired) electrons. The first-order valence-corrected chi connectivity index (χ1v) is 7.91. The Morgan fingerprint density at radius 3 is 1.48 bits per heavy atom. The first kappa shape index (κ1) is 16.6. The number of Topliss-reactive ketones (excluding diaryl/α,β-unsaturated/α-hetero) is 2. The number of ketones is 2. The summed E-state index contributed by atoms with van der Waals surface area (Å²) in [4.78, 5) is 22.8. The van der Waals surface area contributed by atoms with Crippen molar-refractivity contribution in [2.75, 3.05) is 0 Å². The molecule has 120 valence electrons. The lowest BCUT2D eigenvalue weighted by molar-refractivity contribution is -0.137. The number of hydrogen-bond donors (Lipinski definition) is 2. The molecule has 2 rings (SSSR count). The van der Waals surface area contributed by atoms with E-state index in [2.05, 4.69) is 0 Å². The minimum absolute atomic E-state index is 0.0401. The summed E-state index contributed by atoms with van der Waals surface area (Å²) in [5, 5.41) is 20.0. The van der Waals surface area contributed by atoms with E-state index in [0.29, 0.717) is 25.7 Å². The lowest BCUT2D eigenvalue weighted by atomic mass is 9.81. The monoisotopic (exact) mass is 298 g/mol. The van der Waals surface area contributed by atoms with E-state index in [0.717, 1.165) is 12.8 Å². The Morgan fingerprint density at radius 2 is 1.19 bits per heavy atom. The fourth-order valence-electron chi connectivity index (χ4n) is 3.69. The number of aliphatic hydroxyl groups is 2. The molecule has 0 heterocycles. The van der Waals surface area contributed by atoms with Gasteiger partial charge in [-0.25, -0.2) is 0 Å². The van der Waals surface area contributed by atoms with Crippen LogP contribution in [-0.2, 0) is 14.3 Å². The first-order valence-electron chi connectivity index (χ1n) is 7.91. The largest absolute Gasteiger partial charge is 0.392 e. The predicted molar refractivity (Wildman–Crippen MR) is 76.7 cm³/mol. The summed E-state index contributed by atoms with van der Waals surface area (Å²) in [6.07, 6.45) is 2.45. The summed E-state index contributed by atoms with van der Waals surface area (Å²) in [6, 6.07) is 0. The summed E-state index contributed by atoms with van der Waals surface area (Å²) in [5.74, 6) is -0.440. The van der Waals surface area contributed by atoms with Crippen LogP contribution in [0.5, 0.6) is 0 Å². The van der Waals surface area contributed by atoms with Crippen molar-refractivity contribution in [3.05, 3.63) is 0 Å². The normalized spacial score (nSPS) is 40.8. The second-order valence-corrected chi connectivity index (χ2v) is 6.58. The average molecular weight is 298 g/mol. The fourth-order valence-corrected chi connectivity index (χ4v) is 3.69. The predicted octanol–water partition coefficient (Wildman–Crippen LogP) is 1.24. The molecule has 0 aromatic carbocycles. The Bertz CT molecular complexity index is 358. The third-order valence-electron chi connectivity index (χ3n) is 4.97. The van der Waals surface area contributed by atoms with E-state index in [1.807, 2.05) is 0 Å². The van der Waals surface area contributed by atoms with Gasteiger partial charge in [0.2, 0.25) is 0 Å². The van der Waals surface area contributed by atoms with Crippen LogP contribution in [-0.4, -0.2) is 46.2 Å².